The molecule has 0 aliphatic heterocycles. The molecule has 0 saturated heterocycles. The van der Waals surface area contributed by atoms with Crippen molar-refractivity contribution < 1.29 is 18.3 Å². The number of benzene rings is 2. The average Bonchev–Trinajstić information content (AvgIpc) is 2.78. The van der Waals surface area contributed by atoms with E-state index < -0.39 is 17.5 Å². The second kappa shape index (κ2) is 8.27. The van der Waals surface area contributed by atoms with Crippen LogP contribution in [0.4, 0.5) is 8.78 Å². The van der Waals surface area contributed by atoms with Gasteiger partial charge in [-0.1, -0.05) is 24.3 Å². The van der Waals surface area contributed by atoms with E-state index in [1.54, 1.807) is 48.5 Å². The first kappa shape index (κ1) is 20.7. The molecule has 0 saturated carbocycles. The Morgan fingerprint density at radius 3 is 2.55 bits per heavy atom. The van der Waals surface area contributed by atoms with Gasteiger partial charge in [0.2, 0.25) is 0 Å². The Labute approximate surface area is 180 Å². The minimum absolute atomic E-state index is 0.00821. The molecule has 0 amide bonds. The van der Waals surface area contributed by atoms with Crippen LogP contribution in [0.1, 0.15) is 12.0 Å². The predicted molar refractivity (Wildman–Crippen MR) is 116 cm³/mol. The van der Waals surface area contributed by atoms with Crippen molar-refractivity contribution in [2.75, 3.05) is 14.2 Å². The number of hydrogen-bond acceptors (Lipinski definition) is 5. The van der Waals surface area contributed by atoms with Gasteiger partial charge in [0.15, 0.2) is 10.4 Å². The third-order valence-corrected chi connectivity index (χ3v) is 5.10. The van der Waals surface area contributed by atoms with Crippen LogP contribution < -0.4 is 15.0 Å². The molecule has 0 radical (unpaired) electrons. The molecule has 158 valence electrons. The number of methoxy groups -OCH3 is 2. The maximum atomic E-state index is 14.0. The molecule has 4 rings (SSSR count). The SMILES string of the molecule is COc1cccc(-c2cc(C(F)F)c3c(=O)[nH]c(=S)n(-c4ccccc4OC)c3n2)c1. The quantitative estimate of drug-likeness (QED) is 0.438. The van der Waals surface area contributed by atoms with Crippen molar-refractivity contribution in [1.82, 2.24) is 14.5 Å². The van der Waals surface area contributed by atoms with Crippen molar-refractivity contribution in [3.8, 4) is 28.4 Å². The number of fused-ring (bicyclic) bond motifs is 1. The van der Waals surface area contributed by atoms with Crippen molar-refractivity contribution in [1.29, 1.82) is 0 Å². The molecule has 2 heterocycles. The number of para-hydroxylation sites is 2. The Morgan fingerprint density at radius 2 is 1.84 bits per heavy atom. The predicted octanol–water partition coefficient (Wildman–Crippen LogP) is 5.07. The summed E-state index contributed by atoms with van der Waals surface area (Å²) in [4.78, 5) is 19.7. The van der Waals surface area contributed by atoms with E-state index in [0.29, 0.717) is 22.7 Å². The Bertz CT molecular complexity index is 1400. The zero-order chi connectivity index (χ0) is 22.1. The summed E-state index contributed by atoms with van der Waals surface area (Å²) in [7, 11) is 2.99. The van der Waals surface area contributed by atoms with Crippen molar-refractivity contribution >= 4 is 23.3 Å². The Balaban J connectivity index is 2.16. The van der Waals surface area contributed by atoms with Gasteiger partial charge in [-0.25, -0.2) is 13.8 Å². The zero-order valence-corrected chi connectivity index (χ0v) is 17.4. The zero-order valence-electron chi connectivity index (χ0n) is 16.6. The van der Waals surface area contributed by atoms with Gasteiger partial charge < -0.3 is 9.47 Å². The van der Waals surface area contributed by atoms with Gasteiger partial charge in [0.25, 0.3) is 12.0 Å². The monoisotopic (exact) mass is 441 g/mol. The number of halogens is 2. The van der Waals surface area contributed by atoms with Crippen molar-refractivity contribution in [2.24, 2.45) is 0 Å². The first-order chi connectivity index (χ1) is 14.9. The number of aromatic amines is 1. The molecule has 6 nitrogen and oxygen atoms in total. The van der Waals surface area contributed by atoms with Gasteiger partial charge in [-0.2, -0.15) is 0 Å². The van der Waals surface area contributed by atoms with E-state index in [-0.39, 0.29) is 21.5 Å². The lowest BCUT2D eigenvalue weighted by atomic mass is 10.1. The third-order valence-electron chi connectivity index (χ3n) is 4.82. The van der Waals surface area contributed by atoms with Gasteiger partial charge in [-0.15, -0.1) is 0 Å². The van der Waals surface area contributed by atoms with Gasteiger partial charge in [0.05, 0.1) is 31.0 Å². The van der Waals surface area contributed by atoms with Crippen LogP contribution >= 0.6 is 12.2 Å². The van der Waals surface area contributed by atoms with E-state index in [2.05, 4.69) is 9.97 Å². The van der Waals surface area contributed by atoms with E-state index in [0.717, 1.165) is 0 Å². The second-order valence-electron chi connectivity index (χ2n) is 6.59. The number of pyridine rings is 1. The summed E-state index contributed by atoms with van der Waals surface area (Å²) in [6, 6.07) is 15.0. The Morgan fingerprint density at radius 1 is 1.06 bits per heavy atom. The van der Waals surface area contributed by atoms with Crippen LogP contribution in [-0.4, -0.2) is 28.8 Å². The molecule has 2 aromatic carbocycles. The molecule has 0 aliphatic rings. The molecule has 0 spiro atoms. The third kappa shape index (κ3) is 3.68. The lowest BCUT2D eigenvalue weighted by Crippen LogP contribution is -2.17. The van der Waals surface area contributed by atoms with Crippen molar-refractivity contribution in [3.63, 3.8) is 0 Å². The number of nitrogens with zero attached hydrogens (tertiary/aromatic N) is 2. The molecule has 0 unspecified atom stereocenters. The average molecular weight is 441 g/mol. The smallest absolute Gasteiger partial charge is 0.264 e. The Kier molecular flexibility index (Phi) is 5.51. The number of ether oxygens (including phenoxy) is 2. The summed E-state index contributed by atoms with van der Waals surface area (Å²) in [5, 5.41) is -0.235. The molecule has 0 bridgehead atoms. The molecule has 4 aromatic rings. The summed E-state index contributed by atoms with van der Waals surface area (Å²) < 4.78 is 40.1. The number of nitrogens with one attached hydrogen (secondary N) is 1. The fourth-order valence-corrected chi connectivity index (χ4v) is 3.67. The van der Waals surface area contributed by atoms with E-state index in [9.17, 15) is 13.6 Å². The normalized spacial score (nSPS) is 11.1. The fourth-order valence-electron chi connectivity index (χ4n) is 3.40. The number of aromatic nitrogens is 3. The van der Waals surface area contributed by atoms with E-state index >= 15 is 0 Å². The highest BCUT2D eigenvalue weighted by atomic mass is 32.1. The second-order valence-corrected chi connectivity index (χ2v) is 6.98. The first-order valence-corrected chi connectivity index (χ1v) is 9.61. The van der Waals surface area contributed by atoms with E-state index in [4.69, 9.17) is 21.7 Å². The van der Waals surface area contributed by atoms with Crippen LogP contribution in [0.3, 0.4) is 0 Å². The lowest BCUT2D eigenvalue weighted by molar-refractivity contribution is 0.153. The summed E-state index contributed by atoms with van der Waals surface area (Å²) in [6.07, 6.45) is -2.90. The van der Waals surface area contributed by atoms with Crippen molar-refractivity contribution in [3.05, 3.63) is 75.3 Å². The summed E-state index contributed by atoms with van der Waals surface area (Å²) in [5.41, 5.74) is 0.112. The van der Waals surface area contributed by atoms with E-state index in [1.807, 2.05) is 0 Å². The fraction of sp³-hybridized carbons (Fsp3) is 0.136. The van der Waals surface area contributed by atoms with Gasteiger partial charge >= 0.3 is 0 Å². The van der Waals surface area contributed by atoms with Gasteiger partial charge in [0, 0.05) is 11.1 Å². The van der Waals surface area contributed by atoms with Crippen LogP contribution in [0, 0.1) is 4.77 Å². The highest BCUT2D eigenvalue weighted by molar-refractivity contribution is 7.71. The highest BCUT2D eigenvalue weighted by Crippen LogP contribution is 2.33. The summed E-state index contributed by atoms with van der Waals surface area (Å²) in [5.74, 6) is 0.990. The van der Waals surface area contributed by atoms with Crippen LogP contribution in [0.25, 0.3) is 28.0 Å². The van der Waals surface area contributed by atoms with Gasteiger partial charge in [0.1, 0.15) is 11.5 Å². The van der Waals surface area contributed by atoms with Crippen LogP contribution in [0.15, 0.2) is 59.4 Å². The molecular weight excluding hydrogens is 424 g/mol. The van der Waals surface area contributed by atoms with Gasteiger partial charge in [-0.05, 0) is 42.5 Å². The molecule has 1 N–H and O–H groups in total. The molecule has 0 atom stereocenters. The topological polar surface area (TPSA) is 69.1 Å². The molecule has 9 heteroatoms. The highest BCUT2D eigenvalue weighted by Gasteiger charge is 2.22. The van der Waals surface area contributed by atoms with E-state index in [1.165, 1.54) is 24.9 Å². The Hall–Kier alpha value is -3.59. The maximum absolute atomic E-state index is 14.0. The maximum Gasteiger partial charge on any atom is 0.264 e. The van der Waals surface area contributed by atoms with Crippen LogP contribution in [-0.2, 0) is 0 Å². The number of hydrogen-bond donors (Lipinski definition) is 1. The van der Waals surface area contributed by atoms with Crippen molar-refractivity contribution in [2.45, 2.75) is 6.43 Å². The molecule has 2 aromatic heterocycles. The molecule has 31 heavy (non-hydrogen) atoms. The number of alkyl halides is 2. The lowest BCUT2D eigenvalue weighted by Gasteiger charge is -2.16. The minimum Gasteiger partial charge on any atom is -0.497 e. The first-order valence-electron chi connectivity index (χ1n) is 9.20. The standard InChI is InChI=1S/C22H17F2N3O3S/c1-29-13-7-5-6-12(10-13)15-11-14(19(23)24)18-20(25-15)27(22(31)26-21(18)28)16-8-3-4-9-17(16)30-2/h3-11,19H,1-2H3,(H,26,28,31). The minimum atomic E-state index is -2.90. The molecule has 0 fully saturated rings. The summed E-state index contributed by atoms with van der Waals surface area (Å²) >= 11 is 5.37. The van der Waals surface area contributed by atoms with Crippen LogP contribution in [0.2, 0.25) is 0 Å². The summed E-state index contributed by atoms with van der Waals surface area (Å²) in [6.45, 7) is 0. The molecule has 0 aliphatic carbocycles. The number of rotatable bonds is 5. The van der Waals surface area contributed by atoms with Crippen LogP contribution in [0.5, 0.6) is 11.5 Å². The number of H-pyrrole nitrogens is 1. The largest absolute Gasteiger partial charge is 0.497 e. The molecular formula is C22H17F2N3O3S. The van der Waals surface area contributed by atoms with Gasteiger partial charge in [-0.3, -0.25) is 14.3 Å².